The van der Waals surface area contributed by atoms with E-state index in [9.17, 15) is 14.4 Å². The first-order valence-corrected chi connectivity index (χ1v) is 6.54. The number of benzene rings is 1. The number of amides is 3. The van der Waals surface area contributed by atoms with Crippen LogP contribution < -0.4 is 11.5 Å². The zero-order valence-corrected chi connectivity index (χ0v) is 11.0. The Balaban J connectivity index is 2.14. The first kappa shape index (κ1) is 14.4. The van der Waals surface area contributed by atoms with E-state index in [1.165, 1.54) is 6.07 Å². The third-order valence-corrected chi connectivity index (χ3v) is 3.27. The Kier molecular flexibility index (Phi) is 4.26. The molecule has 0 aromatic heterocycles. The van der Waals surface area contributed by atoms with Gasteiger partial charge in [-0.25, -0.2) is 4.90 Å². The molecule has 0 fully saturated rings. The van der Waals surface area contributed by atoms with E-state index in [1.54, 1.807) is 18.2 Å². The molecular weight excluding hydrogens is 258 g/mol. The lowest BCUT2D eigenvalue weighted by molar-refractivity contribution is -0.128. The van der Waals surface area contributed by atoms with Gasteiger partial charge in [0.1, 0.15) is 0 Å². The Bertz CT molecular complexity index is 525. The van der Waals surface area contributed by atoms with Gasteiger partial charge in [0.25, 0.3) is 17.7 Å². The molecule has 20 heavy (non-hydrogen) atoms. The van der Waals surface area contributed by atoms with Gasteiger partial charge in [0, 0.05) is 11.1 Å². The van der Waals surface area contributed by atoms with Gasteiger partial charge in [-0.1, -0.05) is 12.5 Å². The van der Waals surface area contributed by atoms with Crippen molar-refractivity contribution < 1.29 is 14.4 Å². The van der Waals surface area contributed by atoms with Crippen molar-refractivity contribution in [1.29, 1.82) is 0 Å². The van der Waals surface area contributed by atoms with Crippen LogP contribution in [0.1, 0.15) is 40.0 Å². The first-order valence-electron chi connectivity index (χ1n) is 6.54. The number of hydrogen-bond donors (Lipinski definition) is 2. The number of nitrogens with two attached hydrogens (primary N) is 2. The van der Waals surface area contributed by atoms with Crippen LogP contribution in [0.2, 0.25) is 0 Å². The summed E-state index contributed by atoms with van der Waals surface area (Å²) in [4.78, 5) is 37.0. The normalized spacial score (nSPS) is 15.4. The average Bonchev–Trinajstić information content (AvgIpc) is 2.46. The van der Waals surface area contributed by atoms with Crippen molar-refractivity contribution in [3.8, 4) is 0 Å². The SMILES string of the molecule is NCCCC[C@H](N)C(=O)N1C(=O)c2cccc(c2)C1=O. The molecule has 0 unspecified atom stereocenters. The monoisotopic (exact) mass is 275 g/mol. The maximum atomic E-state index is 12.2. The van der Waals surface area contributed by atoms with E-state index in [0.29, 0.717) is 35.4 Å². The highest BCUT2D eigenvalue weighted by Gasteiger charge is 2.36. The van der Waals surface area contributed by atoms with Crippen LogP contribution in [0, 0.1) is 0 Å². The summed E-state index contributed by atoms with van der Waals surface area (Å²) in [6.07, 6.45) is 1.84. The molecule has 0 aliphatic carbocycles. The van der Waals surface area contributed by atoms with Crippen LogP contribution in [0.15, 0.2) is 24.3 Å². The summed E-state index contributed by atoms with van der Waals surface area (Å²) >= 11 is 0. The van der Waals surface area contributed by atoms with Crippen LogP contribution in [0.4, 0.5) is 0 Å². The van der Waals surface area contributed by atoms with Crippen LogP contribution in [-0.2, 0) is 4.79 Å². The van der Waals surface area contributed by atoms with E-state index in [2.05, 4.69) is 0 Å². The Hall–Kier alpha value is -2.05. The quantitative estimate of drug-likeness (QED) is 0.592. The fourth-order valence-corrected chi connectivity index (χ4v) is 2.13. The molecule has 2 bridgehead atoms. The van der Waals surface area contributed by atoms with Crippen LogP contribution in [0.3, 0.4) is 0 Å². The number of carbonyl (C=O) groups is 3. The van der Waals surface area contributed by atoms with Crippen molar-refractivity contribution in [3.63, 3.8) is 0 Å². The zero-order valence-electron chi connectivity index (χ0n) is 11.0. The summed E-state index contributed by atoms with van der Waals surface area (Å²) in [6, 6.07) is 5.37. The second-order valence-corrected chi connectivity index (χ2v) is 4.76. The van der Waals surface area contributed by atoms with Crippen molar-refractivity contribution in [3.05, 3.63) is 35.4 Å². The van der Waals surface area contributed by atoms with Gasteiger partial charge in [0.05, 0.1) is 6.04 Å². The molecule has 1 aromatic rings. The fourth-order valence-electron chi connectivity index (χ4n) is 2.13. The summed E-state index contributed by atoms with van der Waals surface area (Å²) in [6.45, 7) is 0.521. The molecule has 6 nitrogen and oxygen atoms in total. The largest absolute Gasteiger partial charge is 0.330 e. The topological polar surface area (TPSA) is 106 Å². The van der Waals surface area contributed by atoms with Crippen molar-refractivity contribution in [2.24, 2.45) is 11.5 Å². The molecule has 4 N–H and O–H groups in total. The number of carbonyl (C=O) groups excluding carboxylic acids is 3. The highest BCUT2D eigenvalue weighted by atomic mass is 16.2. The third-order valence-electron chi connectivity index (χ3n) is 3.27. The van der Waals surface area contributed by atoms with Gasteiger partial charge in [-0.2, -0.15) is 0 Å². The molecule has 2 rings (SSSR count). The predicted molar refractivity (Wildman–Crippen MR) is 72.8 cm³/mol. The number of unbranched alkanes of at least 4 members (excludes halogenated alkanes) is 1. The minimum Gasteiger partial charge on any atom is -0.330 e. The number of hydrogen-bond acceptors (Lipinski definition) is 5. The predicted octanol–water partition coefficient (Wildman–Crippen LogP) is 0.266. The molecule has 3 amide bonds. The van der Waals surface area contributed by atoms with E-state index in [-0.39, 0.29) is 0 Å². The van der Waals surface area contributed by atoms with Crippen LogP contribution in [-0.4, -0.2) is 35.2 Å². The number of imide groups is 3. The highest BCUT2D eigenvalue weighted by molar-refractivity contribution is 6.24. The molecule has 6 heteroatoms. The van der Waals surface area contributed by atoms with E-state index >= 15 is 0 Å². The molecule has 0 radical (unpaired) electrons. The molecule has 1 atom stereocenters. The molecule has 0 saturated heterocycles. The van der Waals surface area contributed by atoms with Gasteiger partial charge in [0.15, 0.2) is 0 Å². The fraction of sp³-hybridized carbons (Fsp3) is 0.357. The van der Waals surface area contributed by atoms with Gasteiger partial charge < -0.3 is 11.5 Å². The van der Waals surface area contributed by atoms with E-state index < -0.39 is 23.8 Å². The van der Waals surface area contributed by atoms with Crippen LogP contribution in [0.25, 0.3) is 0 Å². The van der Waals surface area contributed by atoms with Crippen LogP contribution in [0.5, 0.6) is 0 Å². The molecule has 1 heterocycles. The summed E-state index contributed by atoms with van der Waals surface area (Å²) in [5, 5.41) is 0. The Morgan fingerprint density at radius 2 is 1.75 bits per heavy atom. The van der Waals surface area contributed by atoms with Gasteiger partial charge in [0.2, 0.25) is 0 Å². The summed E-state index contributed by atoms with van der Waals surface area (Å²) in [7, 11) is 0. The van der Waals surface area contributed by atoms with Crippen LogP contribution >= 0.6 is 0 Å². The second-order valence-electron chi connectivity index (χ2n) is 4.76. The van der Waals surface area contributed by atoms with E-state index in [4.69, 9.17) is 11.5 Å². The van der Waals surface area contributed by atoms with E-state index in [0.717, 1.165) is 6.42 Å². The Labute approximate surface area is 116 Å². The third kappa shape index (κ3) is 2.61. The molecular formula is C14H17N3O3. The summed E-state index contributed by atoms with van der Waals surface area (Å²) in [5.74, 6) is -1.87. The lowest BCUT2D eigenvalue weighted by Crippen LogP contribution is -2.51. The summed E-state index contributed by atoms with van der Waals surface area (Å²) < 4.78 is 0. The standard InChI is InChI=1S/C14H17N3O3/c15-7-2-1-6-11(16)14(20)17-12(18)9-4-3-5-10(8-9)13(17)19/h3-5,8,11H,1-2,6-7,15-16H2/t11-/m0/s1. The molecule has 1 aliphatic rings. The lowest BCUT2D eigenvalue weighted by Gasteiger charge is -2.25. The highest BCUT2D eigenvalue weighted by Crippen LogP contribution is 2.19. The molecule has 0 saturated carbocycles. The Morgan fingerprint density at radius 1 is 1.15 bits per heavy atom. The maximum absolute atomic E-state index is 12.2. The van der Waals surface area contributed by atoms with E-state index in [1.807, 2.05) is 0 Å². The second kappa shape index (κ2) is 5.94. The first-order chi connectivity index (χ1) is 9.56. The van der Waals surface area contributed by atoms with Crippen molar-refractivity contribution in [2.75, 3.05) is 6.54 Å². The van der Waals surface area contributed by atoms with Gasteiger partial charge >= 0.3 is 0 Å². The average molecular weight is 275 g/mol. The lowest BCUT2D eigenvalue weighted by atomic mass is 10.0. The smallest absolute Gasteiger partial charge is 0.267 e. The zero-order chi connectivity index (χ0) is 14.7. The maximum Gasteiger partial charge on any atom is 0.267 e. The summed E-state index contributed by atoms with van der Waals surface area (Å²) in [5.41, 5.74) is 11.8. The van der Waals surface area contributed by atoms with Crippen molar-refractivity contribution >= 4 is 17.7 Å². The molecule has 0 spiro atoms. The number of fused-ring (bicyclic) bond motifs is 2. The van der Waals surface area contributed by atoms with Crippen molar-refractivity contribution in [1.82, 2.24) is 4.90 Å². The number of rotatable bonds is 5. The molecule has 1 aromatic carbocycles. The minimum atomic E-state index is -0.863. The minimum absolute atomic E-state index is 0.324. The van der Waals surface area contributed by atoms with Gasteiger partial charge in [-0.05, 0) is 37.6 Å². The van der Waals surface area contributed by atoms with Gasteiger partial charge in [-0.3, -0.25) is 14.4 Å². The van der Waals surface area contributed by atoms with Crippen molar-refractivity contribution in [2.45, 2.75) is 25.3 Å². The number of nitrogens with zero attached hydrogens (tertiary/aromatic N) is 1. The van der Waals surface area contributed by atoms with Gasteiger partial charge in [-0.15, -0.1) is 0 Å². The molecule has 106 valence electrons. The molecule has 1 aliphatic heterocycles. The Morgan fingerprint density at radius 3 is 2.30 bits per heavy atom.